The molecule has 19 heavy (non-hydrogen) atoms. The van der Waals surface area contributed by atoms with Crippen LogP contribution in [-0.4, -0.2) is 33.0 Å². The first kappa shape index (κ1) is 13.2. The summed E-state index contributed by atoms with van der Waals surface area (Å²) in [6.45, 7) is 1.44. The van der Waals surface area contributed by atoms with Crippen LogP contribution in [0, 0.1) is 5.82 Å². The molecule has 1 aromatic carbocycles. The first-order valence-corrected chi connectivity index (χ1v) is 5.51. The lowest BCUT2D eigenvalue weighted by molar-refractivity contribution is 0.0587. The minimum absolute atomic E-state index is 0.0869. The van der Waals surface area contributed by atoms with Crippen LogP contribution >= 0.6 is 0 Å². The number of nitrogens with zero attached hydrogens (tertiary/aromatic N) is 3. The summed E-state index contributed by atoms with van der Waals surface area (Å²) in [5.41, 5.74) is 0.404. The molecule has 7 heteroatoms. The fourth-order valence-electron chi connectivity index (χ4n) is 1.70. The smallest absolute Gasteiger partial charge is 0.377 e. The van der Waals surface area contributed by atoms with Gasteiger partial charge in [-0.05, 0) is 19.1 Å². The maximum Gasteiger partial charge on any atom is 0.377 e. The SMILES string of the molecule is COC(=O)c1ncn(-c2cccc(F)c2C(C)O)n1. The molecule has 100 valence electrons. The lowest BCUT2D eigenvalue weighted by Crippen LogP contribution is -2.08. The van der Waals surface area contributed by atoms with Gasteiger partial charge in [0.2, 0.25) is 0 Å². The van der Waals surface area contributed by atoms with E-state index in [0.29, 0.717) is 5.69 Å². The Kier molecular flexibility index (Phi) is 3.57. The van der Waals surface area contributed by atoms with E-state index >= 15 is 0 Å². The van der Waals surface area contributed by atoms with Gasteiger partial charge in [0, 0.05) is 5.56 Å². The average Bonchev–Trinajstić information content (AvgIpc) is 2.86. The molecule has 0 aliphatic rings. The summed E-state index contributed by atoms with van der Waals surface area (Å²) in [5, 5.41) is 13.5. The summed E-state index contributed by atoms with van der Waals surface area (Å²) in [6.07, 6.45) is 0.245. The number of ether oxygens (including phenoxy) is 1. The highest BCUT2D eigenvalue weighted by Crippen LogP contribution is 2.23. The quantitative estimate of drug-likeness (QED) is 0.845. The molecule has 0 spiro atoms. The highest BCUT2D eigenvalue weighted by molar-refractivity contribution is 5.84. The van der Waals surface area contributed by atoms with Crippen molar-refractivity contribution in [1.82, 2.24) is 14.8 Å². The standard InChI is InChI=1S/C12H12FN3O3/c1-7(17)10-8(13)4-3-5-9(10)16-6-14-11(15-16)12(18)19-2/h3-7,17H,1-2H3. The van der Waals surface area contributed by atoms with Crippen LogP contribution in [-0.2, 0) is 4.74 Å². The minimum atomic E-state index is -1.01. The van der Waals surface area contributed by atoms with Crippen LogP contribution in [0.15, 0.2) is 24.5 Å². The molecule has 6 nitrogen and oxygen atoms in total. The Morgan fingerprint density at radius 2 is 2.26 bits per heavy atom. The molecule has 2 rings (SSSR count). The van der Waals surface area contributed by atoms with Crippen molar-refractivity contribution in [2.45, 2.75) is 13.0 Å². The lowest BCUT2D eigenvalue weighted by atomic mass is 10.1. The fourth-order valence-corrected chi connectivity index (χ4v) is 1.70. The zero-order valence-corrected chi connectivity index (χ0v) is 10.4. The molecular weight excluding hydrogens is 253 g/mol. The Bertz CT molecular complexity index is 610. The maximum atomic E-state index is 13.7. The van der Waals surface area contributed by atoms with Crippen LogP contribution in [0.5, 0.6) is 0 Å². The number of aliphatic hydroxyl groups is 1. The summed E-state index contributed by atoms with van der Waals surface area (Å²) in [7, 11) is 1.21. The lowest BCUT2D eigenvalue weighted by Gasteiger charge is -2.12. The summed E-state index contributed by atoms with van der Waals surface area (Å²) >= 11 is 0. The van der Waals surface area contributed by atoms with Crippen molar-refractivity contribution >= 4 is 5.97 Å². The topological polar surface area (TPSA) is 77.2 Å². The second kappa shape index (κ2) is 5.15. The van der Waals surface area contributed by atoms with E-state index in [9.17, 15) is 14.3 Å². The summed E-state index contributed by atoms with van der Waals surface area (Å²) < 4.78 is 19.4. The second-order valence-electron chi connectivity index (χ2n) is 3.85. The molecule has 1 N–H and O–H groups in total. The van der Waals surface area contributed by atoms with Gasteiger partial charge in [0.05, 0.1) is 18.9 Å². The Balaban J connectivity index is 2.50. The third kappa shape index (κ3) is 2.45. The second-order valence-corrected chi connectivity index (χ2v) is 3.85. The molecule has 0 bridgehead atoms. The molecule has 0 fully saturated rings. The zero-order valence-electron chi connectivity index (χ0n) is 10.4. The summed E-state index contributed by atoms with van der Waals surface area (Å²) in [6, 6.07) is 4.29. The number of halogens is 1. The van der Waals surface area contributed by atoms with Crippen LogP contribution in [0.25, 0.3) is 5.69 Å². The predicted octanol–water partition coefficient (Wildman–Crippen LogP) is 1.25. The Hall–Kier alpha value is -2.28. The number of methoxy groups -OCH3 is 1. The molecule has 0 radical (unpaired) electrons. The van der Waals surface area contributed by atoms with Crippen LogP contribution in [0.1, 0.15) is 29.2 Å². The third-order valence-electron chi connectivity index (χ3n) is 2.55. The number of benzene rings is 1. The van der Waals surface area contributed by atoms with E-state index in [-0.39, 0.29) is 11.4 Å². The fraction of sp³-hybridized carbons (Fsp3) is 0.250. The molecular formula is C12H12FN3O3. The minimum Gasteiger partial charge on any atom is -0.463 e. The van der Waals surface area contributed by atoms with Gasteiger partial charge in [-0.1, -0.05) is 6.07 Å². The van der Waals surface area contributed by atoms with Gasteiger partial charge in [-0.2, -0.15) is 0 Å². The first-order chi connectivity index (χ1) is 9.04. The summed E-state index contributed by atoms with van der Waals surface area (Å²) in [5.74, 6) is -1.38. The number of rotatable bonds is 3. The normalized spacial score (nSPS) is 12.2. The van der Waals surface area contributed by atoms with Crippen LogP contribution < -0.4 is 0 Å². The van der Waals surface area contributed by atoms with Crippen LogP contribution in [0.2, 0.25) is 0 Å². The molecule has 2 aromatic rings. The molecule has 1 unspecified atom stereocenters. The van der Waals surface area contributed by atoms with E-state index in [1.54, 1.807) is 6.07 Å². The monoisotopic (exact) mass is 265 g/mol. The van der Waals surface area contributed by atoms with E-state index in [0.717, 1.165) is 0 Å². The molecule has 0 amide bonds. The van der Waals surface area contributed by atoms with Gasteiger partial charge in [-0.3, -0.25) is 0 Å². The van der Waals surface area contributed by atoms with Crippen LogP contribution in [0.3, 0.4) is 0 Å². The van der Waals surface area contributed by atoms with Crippen molar-refractivity contribution in [2.24, 2.45) is 0 Å². The van der Waals surface area contributed by atoms with E-state index in [2.05, 4.69) is 14.8 Å². The molecule has 1 aromatic heterocycles. The number of hydrogen-bond donors (Lipinski definition) is 1. The van der Waals surface area contributed by atoms with Gasteiger partial charge in [0.15, 0.2) is 0 Å². The Labute approximate surface area is 108 Å². The predicted molar refractivity (Wildman–Crippen MR) is 63.3 cm³/mol. The third-order valence-corrected chi connectivity index (χ3v) is 2.55. The van der Waals surface area contributed by atoms with E-state index in [1.807, 2.05) is 0 Å². The van der Waals surface area contributed by atoms with Crippen molar-refractivity contribution < 1.29 is 19.0 Å². The van der Waals surface area contributed by atoms with E-state index in [4.69, 9.17) is 0 Å². The number of carbonyl (C=O) groups excluding carboxylic acids is 1. The molecule has 0 aliphatic heterocycles. The zero-order chi connectivity index (χ0) is 14.0. The van der Waals surface area contributed by atoms with Gasteiger partial charge >= 0.3 is 5.97 Å². The molecule has 0 saturated carbocycles. The van der Waals surface area contributed by atoms with Gasteiger partial charge in [-0.15, -0.1) is 5.10 Å². The van der Waals surface area contributed by atoms with Crippen LogP contribution in [0.4, 0.5) is 4.39 Å². The Morgan fingerprint density at radius 3 is 2.89 bits per heavy atom. The van der Waals surface area contributed by atoms with Gasteiger partial charge in [0.1, 0.15) is 12.1 Å². The van der Waals surface area contributed by atoms with Gasteiger partial charge in [0.25, 0.3) is 5.82 Å². The van der Waals surface area contributed by atoms with Crippen molar-refractivity contribution in [3.63, 3.8) is 0 Å². The molecule has 0 aliphatic carbocycles. The molecule has 0 saturated heterocycles. The molecule has 1 heterocycles. The maximum absolute atomic E-state index is 13.7. The van der Waals surface area contributed by atoms with E-state index in [1.165, 1.54) is 37.2 Å². The van der Waals surface area contributed by atoms with Crippen molar-refractivity contribution in [2.75, 3.05) is 7.11 Å². The van der Waals surface area contributed by atoms with Crippen molar-refractivity contribution in [1.29, 1.82) is 0 Å². The largest absolute Gasteiger partial charge is 0.463 e. The first-order valence-electron chi connectivity index (χ1n) is 5.51. The van der Waals surface area contributed by atoms with Crippen molar-refractivity contribution in [3.8, 4) is 5.69 Å². The summed E-state index contributed by atoms with van der Waals surface area (Å²) in [4.78, 5) is 15.0. The molecule has 1 atom stereocenters. The van der Waals surface area contributed by atoms with Gasteiger partial charge in [-0.25, -0.2) is 18.9 Å². The van der Waals surface area contributed by atoms with Crippen molar-refractivity contribution in [3.05, 3.63) is 41.7 Å². The number of esters is 1. The average molecular weight is 265 g/mol. The van der Waals surface area contributed by atoms with Gasteiger partial charge < -0.3 is 9.84 Å². The Morgan fingerprint density at radius 1 is 1.53 bits per heavy atom. The highest BCUT2D eigenvalue weighted by atomic mass is 19.1. The van der Waals surface area contributed by atoms with E-state index < -0.39 is 17.9 Å². The number of aromatic nitrogens is 3. The number of carbonyl (C=O) groups is 1. The number of aliphatic hydroxyl groups excluding tert-OH is 1. The highest BCUT2D eigenvalue weighted by Gasteiger charge is 2.18. The number of hydrogen-bond acceptors (Lipinski definition) is 5.